The number of hydrogen-bond acceptors (Lipinski definition) is 6. The summed E-state index contributed by atoms with van der Waals surface area (Å²) in [5.74, 6) is 2.53. The number of benzene rings is 2. The van der Waals surface area contributed by atoms with Crippen molar-refractivity contribution in [2.24, 2.45) is 11.8 Å². The molecule has 0 bridgehead atoms. The number of unbranched alkanes of at least 4 members (excludes halogenated alkanes) is 2. The summed E-state index contributed by atoms with van der Waals surface area (Å²) < 4.78 is 25.9. The molecule has 1 saturated heterocycles. The Morgan fingerprint density at radius 2 is 1.27 bits per heavy atom. The van der Waals surface area contributed by atoms with E-state index in [1.54, 1.807) is 0 Å². The van der Waals surface area contributed by atoms with E-state index in [2.05, 4.69) is 38.2 Å². The van der Waals surface area contributed by atoms with Crippen molar-refractivity contribution in [2.75, 3.05) is 32.9 Å². The molecule has 1 aliphatic rings. The molecule has 0 aliphatic carbocycles. The van der Waals surface area contributed by atoms with Gasteiger partial charge in [0.1, 0.15) is 23.7 Å². The van der Waals surface area contributed by atoms with Crippen LogP contribution in [0.2, 0.25) is 5.82 Å². The largest absolute Gasteiger partial charge is 0.490 e. The van der Waals surface area contributed by atoms with Crippen LogP contribution in [-0.4, -0.2) is 57.3 Å². The topological polar surface area (TPSA) is 69.2 Å². The zero-order valence-corrected chi connectivity index (χ0v) is 25.7. The van der Waals surface area contributed by atoms with Crippen LogP contribution in [0.15, 0.2) is 60.7 Å². The SMILES string of the molecule is CCCCCC(CC(CC(CCO)C(CC)Oc1ccccc1)B1OCCNCCO1)C(CC)Oc1ccccc1. The van der Waals surface area contributed by atoms with E-state index in [1.807, 2.05) is 48.5 Å². The van der Waals surface area contributed by atoms with Crippen molar-refractivity contribution in [3.63, 3.8) is 0 Å². The van der Waals surface area contributed by atoms with E-state index >= 15 is 0 Å². The van der Waals surface area contributed by atoms with Gasteiger partial charge in [0.2, 0.25) is 0 Å². The first-order valence-electron chi connectivity index (χ1n) is 16.2. The molecule has 2 aromatic rings. The van der Waals surface area contributed by atoms with Gasteiger partial charge in [-0.25, -0.2) is 0 Å². The van der Waals surface area contributed by atoms with Gasteiger partial charge in [-0.1, -0.05) is 76.4 Å². The number of rotatable bonds is 19. The lowest BCUT2D eigenvalue weighted by Crippen LogP contribution is -2.41. The quantitative estimate of drug-likeness (QED) is 0.139. The molecule has 2 N–H and O–H groups in total. The third-order valence-corrected chi connectivity index (χ3v) is 8.31. The number of hydrogen-bond donors (Lipinski definition) is 2. The molecule has 0 radical (unpaired) electrons. The van der Waals surface area contributed by atoms with Crippen molar-refractivity contribution in [1.29, 1.82) is 0 Å². The summed E-state index contributed by atoms with van der Waals surface area (Å²) in [5, 5.41) is 13.5. The lowest BCUT2D eigenvalue weighted by atomic mass is 9.61. The second kappa shape index (κ2) is 20.0. The Bertz CT molecular complexity index is 897. The van der Waals surface area contributed by atoms with Gasteiger partial charge in [-0.15, -0.1) is 0 Å². The smallest absolute Gasteiger partial charge is 0.460 e. The molecule has 41 heavy (non-hydrogen) atoms. The summed E-state index contributed by atoms with van der Waals surface area (Å²) in [4.78, 5) is 0. The standard InChI is InChI=1S/C34H54BNO5/c1-4-7-10-15-28(33(5-2)40-31-16-11-8-12-17-31)26-30(35-38-24-21-36-22-25-39-35)27-29(20-23-37)34(6-3)41-32-18-13-9-14-19-32/h8-9,11-14,16-19,28-30,33-34,36-37H,4-7,10,15,20-27H2,1-3H3. The fourth-order valence-corrected chi connectivity index (χ4v) is 6.14. The second-order valence-electron chi connectivity index (χ2n) is 11.4. The van der Waals surface area contributed by atoms with Crippen molar-refractivity contribution in [2.45, 2.75) is 96.6 Å². The van der Waals surface area contributed by atoms with E-state index in [9.17, 15) is 5.11 Å². The van der Waals surface area contributed by atoms with Gasteiger partial charge >= 0.3 is 7.12 Å². The van der Waals surface area contributed by atoms with E-state index in [1.165, 1.54) is 19.3 Å². The van der Waals surface area contributed by atoms with Crippen molar-refractivity contribution < 1.29 is 23.9 Å². The van der Waals surface area contributed by atoms with Gasteiger partial charge in [0.25, 0.3) is 0 Å². The molecule has 1 fully saturated rings. The summed E-state index contributed by atoms with van der Waals surface area (Å²) in [5.41, 5.74) is 0. The van der Waals surface area contributed by atoms with E-state index in [-0.39, 0.29) is 37.7 Å². The normalized spacial score (nSPS) is 18.0. The maximum absolute atomic E-state index is 10.1. The van der Waals surface area contributed by atoms with Gasteiger partial charge in [0, 0.05) is 32.9 Å². The molecule has 1 aliphatic heterocycles. The zero-order valence-electron chi connectivity index (χ0n) is 25.7. The van der Waals surface area contributed by atoms with Crippen LogP contribution in [0.1, 0.15) is 78.6 Å². The Morgan fingerprint density at radius 3 is 1.73 bits per heavy atom. The van der Waals surface area contributed by atoms with Gasteiger partial charge < -0.3 is 29.2 Å². The van der Waals surface area contributed by atoms with E-state index in [4.69, 9.17) is 18.8 Å². The van der Waals surface area contributed by atoms with Crippen molar-refractivity contribution in [3.8, 4) is 11.5 Å². The minimum atomic E-state index is -0.282. The summed E-state index contributed by atoms with van der Waals surface area (Å²) in [7, 11) is -0.282. The average Bonchev–Trinajstić information content (AvgIpc) is 2.98. The lowest BCUT2D eigenvalue weighted by molar-refractivity contribution is 0.0809. The number of para-hydroxylation sites is 2. The van der Waals surface area contributed by atoms with Gasteiger partial charge in [0.15, 0.2) is 0 Å². The maximum atomic E-state index is 10.1. The van der Waals surface area contributed by atoms with E-state index in [0.717, 1.165) is 56.7 Å². The molecule has 7 heteroatoms. The minimum absolute atomic E-state index is 0.00311. The van der Waals surface area contributed by atoms with Gasteiger partial charge in [0.05, 0.1) is 0 Å². The Hall–Kier alpha value is -2.06. The summed E-state index contributed by atoms with van der Waals surface area (Å²) in [6.45, 7) is 9.72. The van der Waals surface area contributed by atoms with Gasteiger partial charge in [-0.05, 0) is 80.4 Å². The van der Waals surface area contributed by atoms with Gasteiger partial charge in [-0.3, -0.25) is 0 Å². The second-order valence-corrected chi connectivity index (χ2v) is 11.4. The van der Waals surface area contributed by atoms with Crippen LogP contribution in [0.4, 0.5) is 0 Å². The number of nitrogens with one attached hydrogen (secondary N) is 1. The predicted molar refractivity (Wildman–Crippen MR) is 169 cm³/mol. The molecular weight excluding hydrogens is 513 g/mol. The lowest BCUT2D eigenvalue weighted by Gasteiger charge is -2.36. The fourth-order valence-electron chi connectivity index (χ4n) is 6.14. The highest BCUT2D eigenvalue weighted by atomic mass is 16.6. The Labute approximate surface area is 249 Å². The summed E-state index contributed by atoms with van der Waals surface area (Å²) in [6.07, 6.45) is 9.18. The molecule has 6 nitrogen and oxygen atoms in total. The van der Waals surface area contributed by atoms with E-state index in [0.29, 0.717) is 25.6 Å². The van der Waals surface area contributed by atoms with E-state index < -0.39 is 0 Å². The third kappa shape index (κ3) is 12.0. The molecule has 0 saturated carbocycles. The molecule has 5 unspecified atom stereocenters. The fraction of sp³-hybridized carbons (Fsp3) is 0.647. The Balaban J connectivity index is 1.86. The molecule has 2 aromatic carbocycles. The maximum Gasteiger partial charge on any atom is 0.460 e. The molecule has 1 heterocycles. The number of aliphatic hydroxyl groups excluding tert-OH is 1. The molecule has 228 valence electrons. The molecule has 0 amide bonds. The first kappa shape index (κ1) is 33.4. The van der Waals surface area contributed by atoms with Crippen LogP contribution in [0.3, 0.4) is 0 Å². The Morgan fingerprint density at radius 1 is 0.756 bits per heavy atom. The van der Waals surface area contributed by atoms with Crippen LogP contribution in [0, 0.1) is 11.8 Å². The molecule has 0 aromatic heterocycles. The molecule has 5 atom stereocenters. The van der Waals surface area contributed by atoms with Gasteiger partial charge in [-0.2, -0.15) is 0 Å². The van der Waals surface area contributed by atoms with Crippen molar-refractivity contribution in [3.05, 3.63) is 60.7 Å². The highest BCUT2D eigenvalue weighted by Crippen LogP contribution is 2.38. The predicted octanol–water partition coefficient (Wildman–Crippen LogP) is 7.17. The highest BCUT2D eigenvalue weighted by molar-refractivity contribution is 6.46. The average molecular weight is 568 g/mol. The van der Waals surface area contributed by atoms with Crippen LogP contribution >= 0.6 is 0 Å². The molecule has 3 rings (SSSR count). The molecular formula is C34H54BNO5. The highest BCUT2D eigenvalue weighted by Gasteiger charge is 2.38. The van der Waals surface area contributed by atoms with Crippen LogP contribution < -0.4 is 14.8 Å². The summed E-state index contributed by atoms with van der Waals surface area (Å²) >= 11 is 0. The van der Waals surface area contributed by atoms with Crippen LogP contribution in [-0.2, 0) is 9.31 Å². The third-order valence-electron chi connectivity index (χ3n) is 8.31. The first-order chi connectivity index (χ1) is 20.2. The summed E-state index contributed by atoms with van der Waals surface area (Å²) in [6, 6.07) is 20.3. The first-order valence-corrected chi connectivity index (χ1v) is 16.2. The molecule has 0 spiro atoms. The van der Waals surface area contributed by atoms with Crippen LogP contribution in [0.25, 0.3) is 0 Å². The zero-order chi connectivity index (χ0) is 29.1. The van der Waals surface area contributed by atoms with Crippen LogP contribution in [0.5, 0.6) is 11.5 Å². The monoisotopic (exact) mass is 567 g/mol. The Kier molecular flexibility index (Phi) is 16.3. The van der Waals surface area contributed by atoms with Crippen molar-refractivity contribution >= 4 is 7.12 Å². The number of aliphatic hydroxyl groups is 1. The van der Waals surface area contributed by atoms with Crippen molar-refractivity contribution in [1.82, 2.24) is 5.32 Å². The number of ether oxygens (including phenoxy) is 2. The minimum Gasteiger partial charge on any atom is -0.490 e.